The fourth-order valence-corrected chi connectivity index (χ4v) is 2.89. The Balaban J connectivity index is 1.76. The number of hydrogen-bond acceptors (Lipinski definition) is 2. The average Bonchev–Trinajstić information content (AvgIpc) is 2.83. The van der Waals surface area contributed by atoms with Gasteiger partial charge in [0.2, 0.25) is 0 Å². The highest BCUT2D eigenvalue weighted by Gasteiger charge is 2.35. The summed E-state index contributed by atoms with van der Waals surface area (Å²) in [5.74, 6) is 0. The minimum atomic E-state index is -4.57. The molecule has 24 heavy (non-hydrogen) atoms. The van der Waals surface area contributed by atoms with Crippen LogP contribution in [-0.4, -0.2) is 17.2 Å². The minimum absolute atomic E-state index is 0.330. The Kier molecular flexibility index (Phi) is 4.19. The summed E-state index contributed by atoms with van der Waals surface area (Å²) >= 11 is 0. The summed E-state index contributed by atoms with van der Waals surface area (Å²) in [6.45, 7) is 0. The summed E-state index contributed by atoms with van der Waals surface area (Å²) in [7, 11) is 0. The van der Waals surface area contributed by atoms with Gasteiger partial charge in [-0.05, 0) is 23.3 Å². The zero-order chi connectivity index (χ0) is 17.3. The number of anilines is 1. The van der Waals surface area contributed by atoms with Gasteiger partial charge in [0.05, 0.1) is 23.4 Å². The summed E-state index contributed by atoms with van der Waals surface area (Å²) in [6.07, 6.45) is -4.99. The van der Waals surface area contributed by atoms with E-state index >= 15 is 0 Å². The molecule has 1 aliphatic rings. The molecule has 0 aliphatic heterocycles. The van der Waals surface area contributed by atoms with Crippen molar-refractivity contribution in [3.63, 3.8) is 0 Å². The second-order valence-corrected chi connectivity index (χ2v) is 5.59. The number of amides is 2. The molecule has 0 saturated heterocycles. The fourth-order valence-electron chi connectivity index (χ4n) is 2.89. The van der Waals surface area contributed by atoms with Crippen molar-refractivity contribution in [1.82, 2.24) is 5.32 Å². The van der Waals surface area contributed by atoms with Crippen LogP contribution in [0.3, 0.4) is 0 Å². The SMILES string of the molecule is O=C(Nc1ccccc1C(F)(F)F)N[C@H]1c2ccccc2C[C@H]1O. The first-order valence-corrected chi connectivity index (χ1v) is 7.36. The van der Waals surface area contributed by atoms with Crippen molar-refractivity contribution in [2.45, 2.75) is 24.7 Å². The lowest BCUT2D eigenvalue weighted by atomic mass is 10.1. The Morgan fingerprint density at radius 2 is 1.75 bits per heavy atom. The van der Waals surface area contributed by atoms with Crippen LogP contribution in [0, 0.1) is 0 Å². The quantitative estimate of drug-likeness (QED) is 0.786. The number of benzene rings is 2. The van der Waals surface area contributed by atoms with Gasteiger partial charge >= 0.3 is 12.2 Å². The van der Waals surface area contributed by atoms with Gasteiger partial charge in [-0.2, -0.15) is 13.2 Å². The number of nitrogens with one attached hydrogen (secondary N) is 2. The van der Waals surface area contributed by atoms with Gasteiger partial charge in [0, 0.05) is 6.42 Å². The molecule has 4 nitrogen and oxygen atoms in total. The third kappa shape index (κ3) is 3.21. The summed E-state index contributed by atoms with van der Waals surface area (Å²) in [6, 6.07) is 10.5. The van der Waals surface area contributed by atoms with Crippen molar-refractivity contribution in [3.05, 3.63) is 65.2 Å². The van der Waals surface area contributed by atoms with E-state index in [0.29, 0.717) is 6.42 Å². The molecule has 0 unspecified atom stereocenters. The topological polar surface area (TPSA) is 61.4 Å². The van der Waals surface area contributed by atoms with Gasteiger partial charge in [-0.3, -0.25) is 0 Å². The van der Waals surface area contributed by atoms with Crippen LogP contribution < -0.4 is 10.6 Å². The highest BCUT2D eigenvalue weighted by Crippen LogP contribution is 2.35. The fraction of sp³-hybridized carbons (Fsp3) is 0.235. The first-order valence-electron chi connectivity index (χ1n) is 7.36. The number of carbonyl (C=O) groups is 1. The van der Waals surface area contributed by atoms with Crippen molar-refractivity contribution >= 4 is 11.7 Å². The predicted molar refractivity (Wildman–Crippen MR) is 82.5 cm³/mol. The molecule has 0 aromatic heterocycles. The van der Waals surface area contributed by atoms with E-state index in [-0.39, 0.29) is 5.69 Å². The number of carbonyl (C=O) groups excluding carboxylic acids is 1. The van der Waals surface area contributed by atoms with Gasteiger partial charge < -0.3 is 15.7 Å². The zero-order valence-electron chi connectivity index (χ0n) is 12.5. The second kappa shape index (κ2) is 6.16. The van der Waals surface area contributed by atoms with Crippen LogP contribution in [0.2, 0.25) is 0 Å². The van der Waals surface area contributed by atoms with E-state index in [1.165, 1.54) is 18.2 Å². The normalized spacial score (nSPS) is 19.7. The van der Waals surface area contributed by atoms with E-state index in [2.05, 4.69) is 10.6 Å². The highest BCUT2D eigenvalue weighted by atomic mass is 19.4. The molecule has 2 atom stereocenters. The number of halogens is 3. The average molecular weight is 336 g/mol. The summed E-state index contributed by atoms with van der Waals surface area (Å²) < 4.78 is 38.9. The molecular weight excluding hydrogens is 321 g/mol. The second-order valence-electron chi connectivity index (χ2n) is 5.59. The van der Waals surface area contributed by atoms with Crippen LogP contribution >= 0.6 is 0 Å². The number of fused-ring (bicyclic) bond motifs is 1. The first kappa shape index (κ1) is 16.3. The lowest BCUT2D eigenvalue weighted by molar-refractivity contribution is -0.136. The van der Waals surface area contributed by atoms with Gasteiger partial charge in [-0.15, -0.1) is 0 Å². The molecule has 2 aromatic carbocycles. The molecule has 2 aromatic rings. The molecule has 0 fully saturated rings. The van der Waals surface area contributed by atoms with E-state index < -0.39 is 29.9 Å². The van der Waals surface area contributed by atoms with Crippen LogP contribution in [0.1, 0.15) is 22.7 Å². The third-order valence-electron chi connectivity index (χ3n) is 3.97. The molecular formula is C17H15F3N2O2. The molecule has 3 N–H and O–H groups in total. The Hall–Kier alpha value is -2.54. The van der Waals surface area contributed by atoms with Crippen molar-refractivity contribution < 1.29 is 23.1 Å². The van der Waals surface area contributed by atoms with Crippen LogP contribution in [0.15, 0.2) is 48.5 Å². The molecule has 3 rings (SSSR count). The molecule has 0 bridgehead atoms. The molecule has 7 heteroatoms. The van der Waals surface area contributed by atoms with Crippen molar-refractivity contribution in [3.8, 4) is 0 Å². The molecule has 0 radical (unpaired) electrons. The van der Waals surface area contributed by atoms with Gasteiger partial charge in [0.25, 0.3) is 0 Å². The molecule has 126 valence electrons. The predicted octanol–water partition coefficient (Wildman–Crippen LogP) is 3.49. The standard InChI is InChI=1S/C17H15F3N2O2/c18-17(19,20)12-7-3-4-8-13(12)21-16(24)22-15-11-6-2-1-5-10(11)9-14(15)23/h1-8,14-15,23H,9H2,(H2,21,22,24)/t14-,15+/m1/s1. The van der Waals surface area contributed by atoms with Gasteiger partial charge in [-0.25, -0.2) is 4.79 Å². The maximum atomic E-state index is 13.0. The molecule has 0 heterocycles. The lowest BCUT2D eigenvalue weighted by Crippen LogP contribution is -2.37. The summed E-state index contributed by atoms with van der Waals surface area (Å²) in [4.78, 5) is 12.1. The van der Waals surface area contributed by atoms with E-state index in [4.69, 9.17) is 0 Å². The monoisotopic (exact) mass is 336 g/mol. The van der Waals surface area contributed by atoms with Crippen molar-refractivity contribution in [2.75, 3.05) is 5.32 Å². The number of urea groups is 1. The number of alkyl halides is 3. The minimum Gasteiger partial charge on any atom is -0.390 e. The van der Waals surface area contributed by atoms with Crippen molar-refractivity contribution in [1.29, 1.82) is 0 Å². The number of aliphatic hydroxyl groups is 1. The number of para-hydroxylation sites is 1. The van der Waals surface area contributed by atoms with Crippen LogP contribution in [0.25, 0.3) is 0 Å². The van der Waals surface area contributed by atoms with Crippen LogP contribution in [0.4, 0.5) is 23.7 Å². The maximum Gasteiger partial charge on any atom is 0.418 e. The summed E-state index contributed by atoms with van der Waals surface area (Å²) in [5.41, 5.74) is 0.422. The maximum absolute atomic E-state index is 13.0. The van der Waals surface area contributed by atoms with Gasteiger partial charge in [0.1, 0.15) is 0 Å². The Morgan fingerprint density at radius 1 is 1.08 bits per heavy atom. The highest BCUT2D eigenvalue weighted by molar-refractivity contribution is 5.90. The molecule has 2 amide bonds. The lowest BCUT2D eigenvalue weighted by Gasteiger charge is -2.19. The zero-order valence-corrected chi connectivity index (χ0v) is 12.5. The van der Waals surface area contributed by atoms with Crippen LogP contribution in [-0.2, 0) is 12.6 Å². The van der Waals surface area contributed by atoms with Crippen LogP contribution in [0.5, 0.6) is 0 Å². The van der Waals surface area contributed by atoms with Gasteiger partial charge in [0.15, 0.2) is 0 Å². The van der Waals surface area contributed by atoms with Crippen molar-refractivity contribution in [2.24, 2.45) is 0 Å². The van der Waals surface area contributed by atoms with E-state index in [1.807, 2.05) is 12.1 Å². The Morgan fingerprint density at radius 3 is 2.50 bits per heavy atom. The number of hydrogen-bond donors (Lipinski definition) is 3. The van der Waals surface area contributed by atoms with E-state index in [9.17, 15) is 23.1 Å². The third-order valence-corrected chi connectivity index (χ3v) is 3.97. The van der Waals surface area contributed by atoms with E-state index in [1.54, 1.807) is 12.1 Å². The van der Waals surface area contributed by atoms with E-state index in [0.717, 1.165) is 17.2 Å². The molecule has 0 spiro atoms. The number of rotatable bonds is 2. The first-order chi connectivity index (χ1) is 11.4. The number of aliphatic hydroxyl groups excluding tert-OH is 1. The largest absolute Gasteiger partial charge is 0.418 e. The molecule has 1 aliphatic carbocycles. The Bertz CT molecular complexity index is 761. The molecule has 0 saturated carbocycles. The smallest absolute Gasteiger partial charge is 0.390 e. The van der Waals surface area contributed by atoms with Gasteiger partial charge in [-0.1, -0.05) is 36.4 Å². The Labute approximate surface area is 136 Å². The summed E-state index contributed by atoms with van der Waals surface area (Å²) in [5, 5.41) is 14.8.